The molecule has 1 unspecified atom stereocenters. The van der Waals surface area contributed by atoms with E-state index in [0.717, 1.165) is 11.1 Å². The lowest BCUT2D eigenvalue weighted by Crippen LogP contribution is -2.40. The minimum atomic E-state index is -0.377. The number of carbonyl (C=O) groups is 2. The van der Waals surface area contributed by atoms with Gasteiger partial charge in [0.05, 0.1) is 45.6 Å². The van der Waals surface area contributed by atoms with Crippen molar-refractivity contribution in [1.82, 2.24) is 4.90 Å². The smallest absolute Gasteiger partial charge is 0.228 e. The molecular formula is C26H30N2O6. The zero-order chi connectivity index (χ0) is 24.2. The van der Waals surface area contributed by atoms with Gasteiger partial charge in [0, 0.05) is 38.2 Å². The molecule has 2 aromatic rings. The van der Waals surface area contributed by atoms with Crippen molar-refractivity contribution in [1.29, 1.82) is 0 Å². The highest BCUT2D eigenvalue weighted by Crippen LogP contribution is 2.41. The maximum atomic E-state index is 13.3. The zero-order valence-electron chi connectivity index (χ0n) is 20.0. The number of benzene rings is 2. The summed E-state index contributed by atoms with van der Waals surface area (Å²) in [5, 5.41) is 0. The fourth-order valence-corrected chi connectivity index (χ4v) is 4.64. The highest BCUT2D eigenvalue weighted by molar-refractivity contribution is 6.01. The van der Waals surface area contributed by atoms with Crippen molar-refractivity contribution in [2.45, 2.75) is 12.8 Å². The summed E-state index contributed by atoms with van der Waals surface area (Å²) in [4.78, 5) is 29.5. The molecule has 0 aliphatic carbocycles. The van der Waals surface area contributed by atoms with Crippen LogP contribution in [0.25, 0.3) is 5.57 Å². The Labute approximate surface area is 199 Å². The Hall–Kier alpha value is -3.68. The van der Waals surface area contributed by atoms with Crippen LogP contribution in [0.3, 0.4) is 0 Å². The van der Waals surface area contributed by atoms with Crippen LogP contribution in [0.5, 0.6) is 23.0 Å². The van der Waals surface area contributed by atoms with Crippen molar-refractivity contribution in [3.8, 4) is 23.0 Å². The predicted molar refractivity (Wildman–Crippen MR) is 129 cm³/mol. The van der Waals surface area contributed by atoms with E-state index in [1.165, 1.54) is 0 Å². The van der Waals surface area contributed by atoms with Crippen LogP contribution in [0, 0.1) is 5.92 Å². The van der Waals surface area contributed by atoms with Crippen molar-refractivity contribution >= 4 is 23.1 Å². The zero-order valence-corrected chi connectivity index (χ0v) is 20.0. The van der Waals surface area contributed by atoms with E-state index in [1.807, 2.05) is 47.4 Å². The second-order valence-corrected chi connectivity index (χ2v) is 8.25. The SMILES string of the molecule is COc1cc(OC)c(C2=CCN(C(=O)C3CC(=O)N(c4ccccc4OC)C3)CC2)c(OC)c1. The molecule has 4 rings (SSSR count). The molecule has 2 aromatic carbocycles. The van der Waals surface area contributed by atoms with E-state index in [9.17, 15) is 9.59 Å². The molecule has 0 bridgehead atoms. The van der Waals surface area contributed by atoms with E-state index in [1.54, 1.807) is 33.3 Å². The minimum Gasteiger partial charge on any atom is -0.496 e. The van der Waals surface area contributed by atoms with Gasteiger partial charge in [-0.05, 0) is 24.1 Å². The minimum absolute atomic E-state index is 0.00490. The molecule has 180 valence electrons. The first-order chi connectivity index (χ1) is 16.5. The van der Waals surface area contributed by atoms with Crippen LogP contribution in [0.2, 0.25) is 0 Å². The van der Waals surface area contributed by atoms with Gasteiger partial charge in [0.25, 0.3) is 0 Å². The Morgan fingerprint density at radius 3 is 2.21 bits per heavy atom. The molecule has 2 aliphatic heterocycles. The number of ether oxygens (including phenoxy) is 4. The number of para-hydroxylation sites is 2. The number of amides is 2. The number of hydrogen-bond donors (Lipinski definition) is 0. The van der Waals surface area contributed by atoms with Gasteiger partial charge in [0.2, 0.25) is 11.8 Å². The van der Waals surface area contributed by atoms with E-state index in [4.69, 9.17) is 18.9 Å². The second-order valence-electron chi connectivity index (χ2n) is 8.25. The Balaban J connectivity index is 1.49. The Kier molecular flexibility index (Phi) is 6.95. The van der Waals surface area contributed by atoms with Crippen LogP contribution in [0.1, 0.15) is 18.4 Å². The van der Waals surface area contributed by atoms with E-state index in [0.29, 0.717) is 54.7 Å². The molecule has 34 heavy (non-hydrogen) atoms. The monoisotopic (exact) mass is 466 g/mol. The van der Waals surface area contributed by atoms with Crippen LogP contribution >= 0.6 is 0 Å². The van der Waals surface area contributed by atoms with E-state index >= 15 is 0 Å². The van der Waals surface area contributed by atoms with Gasteiger partial charge in [0.1, 0.15) is 23.0 Å². The standard InChI is InChI=1S/C26H30N2O6/c1-31-19-14-22(33-3)25(23(15-19)34-4)17-9-11-27(12-10-17)26(30)18-13-24(29)28(16-18)20-7-5-6-8-21(20)32-2/h5-9,14-15,18H,10-13,16H2,1-4H3. The quantitative estimate of drug-likeness (QED) is 0.623. The van der Waals surface area contributed by atoms with Crippen molar-refractivity contribution in [3.05, 3.63) is 48.0 Å². The molecule has 1 atom stereocenters. The summed E-state index contributed by atoms with van der Waals surface area (Å²) in [7, 11) is 6.40. The van der Waals surface area contributed by atoms with Crippen LogP contribution in [-0.4, -0.2) is 64.8 Å². The Morgan fingerprint density at radius 1 is 0.941 bits per heavy atom. The van der Waals surface area contributed by atoms with E-state index in [2.05, 4.69) is 0 Å². The number of hydrogen-bond acceptors (Lipinski definition) is 6. The summed E-state index contributed by atoms with van der Waals surface area (Å²) in [6, 6.07) is 11.0. The highest BCUT2D eigenvalue weighted by atomic mass is 16.5. The fourth-order valence-electron chi connectivity index (χ4n) is 4.64. The van der Waals surface area contributed by atoms with Crippen molar-refractivity contribution in [2.24, 2.45) is 5.92 Å². The third-order valence-corrected chi connectivity index (χ3v) is 6.41. The molecule has 2 amide bonds. The average Bonchev–Trinajstić information content (AvgIpc) is 3.28. The predicted octanol–water partition coefficient (Wildman–Crippen LogP) is 3.39. The van der Waals surface area contributed by atoms with Crippen molar-refractivity contribution in [3.63, 3.8) is 0 Å². The maximum absolute atomic E-state index is 13.3. The molecule has 1 fully saturated rings. The maximum Gasteiger partial charge on any atom is 0.228 e. The normalized spacial score (nSPS) is 17.9. The molecule has 1 saturated heterocycles. The van der Waals surface area contributed by atoms with E-state index < -0.39 is 0 Å². The summed E-state index contributed by atoms with van der Waals surface area (Å²) < 4.78 is 21.9. The van der Waals surface area contributed by atoms with Crippen molar-refractivity contribution in [2.75, 3.05) is 53.0 Å². The van der Waals surface area contributed by atoms with Crippen molar-refractivity contribution < 1.29 is 28.5 Å². The third kappa shape index (κ3) is 4.40. The second kappa shape index (κ2) is 10.1. The number of rotatable bonds is 7. The molecule has 8 heteroatoms. The summed E-state index contributed by atoms with van der Waals surface area (Å²) in [6.45, 7) is 1.37. The van der Waals surface area contributed by atoms with Gasteiger partial charge in [-0.1, -0.05) is 18.2 Å². The summed E-state index contributed by atoms with van der Waals surface area (Å²) in [6.07, 6.45) is 2.88. The lowest BCUT2D eigenvalue weighted by Gasteiger charge is -2.30. The van der Waals surface area contributed by atoms with Gasteiger partial charge in [-0.15, -0.1) is 0 Å². The lowest BCUT2D eigenvalue weighted by atomic mass is 9.96. The summed E-state index contributed by atoms with van der Waals surface area (Å²) in [5.41, 5.74) is 2.62. The van der Waals surface area contributed by atoms with Gasteiger partial charge < -0.3 is 28.7 Å². The number of methoxy groups -OCH3 is 4. The molecular weight excluding hydrogens is 436 g/mol. The average molecular weight is 467 g/mol. The first-order valence-electron chi connectivity index (χ1n) is 11.2. The van der Waals surface area contributed by atoms with Crippen LogP contribution < -0.4 is 23.8 Å². The first-order valence-corrected chi connectivity index (χ1v) is 11.2. The molecule has 2 heterocycles. The molecule has 0 N–H and O–H groups in total. The van der Waals surface area contributed by atoms with Crippen LogP contribution in [0.15, 0.2) is 42.5 Å². The summed E-state index contributed by atoms with van der Waals surface area (Å²) >= 11 is 0. The van der Waals surface area contributed by atoms with Gasteiger partial charge in [-0.25, -0.2) is 0 Å². The molecule has 0 saturated carbocycles. The fraction of sp³-hybridized carbons (Fsp3) is 0.385. The molecule has 0 spiro atoms. The Morgan fingerprint density at radius 2 is 1.62 bits per heavy atom. The number of nitrogens with zero attached hydrogens (tertiary/aromatic N) is 2. The van der Waals surface area contributed by atoms with Crippen LogP contribution in [0.4, 0.5) is 5.69 Å². The summed E-state index contributed by atoms with van der Waals surface area (Å²) in [5.74, 6) is 2.15. The van der Waals surface area contributed by atoms with Gasteiger partial charge in [0.15, 0.2) is 0 Å². The van der Waals surface area contributed by atoms with E-state index in [-0.39, 0.29) is 24.2 Å². The topological polar surface area (TPSA) is 77.5 Å². The largest absolute Gasteiger partial charge is 0.496 e. The molecule has 8 nitrogen and oxygen atoms in total. The first kappa shape index (κ1) is 23.5. The third-order valence-electron chi connectivity index (χ3n) is 6.41. The van der Waals surface area contributed by atoms with Gasteiger partial charge >= 0.3 is 0 Å². The number of anilines is 1. The highest BCUT2D eigenvalue weighted by Gasteiger charge is 2.38. The van der Waals surface area contributed by atoms with Gasteiger partial charge in [-0.3, -0.25) is 9.59 Å². The molecule has 0 aromatic heterocycles. The molecule has 0 radical (unpaired) electrons. The van der Waals surface area contributed by atoms with Crippen LogP contribution in [-0.2, 0) is 9.59 Å². The van der Waals surface area contributed by atoms with Gasteiger partial charge in [-0.2, -0.15) is 0 Å². The Bertz CT molecular complexity index is 1090. The lowest BCUT2D eigenvalue weighted by molar-refractivity contribution is -0.135. The number of carbonyl (C=O) groups excluding carboxylic acids is 2. The molecule has 2 aliphatic rings.